The fourth-order valence-electron chi connectivity index (χ4n) is 2.92. The number of piperidine rings is 1. The summed E-state index contributed by atoms with van der Waals surface area (Å²) in [5.74, 6) is 0.373. The number of nitrogens with one attached hydrogen (secondary N) is 1. The number of rotatable bonds is 8. The first-order valence-electron chi connectivity index (χ1n) is 8.27. The van der Waals surface area contributed by atoms with Gasteiger partial charge in [-0.2, -0.15) is 0 Å². The molecule has 1 aliphatic rings. The lowest BCUT2D eigenvalue weighted by atomic mass is 9.91. The van der Waals surface area contributed by atoms with Gasteiger partial charge in [0.2, 0.25) is 0 Å². The van der Waals surface area contributed by atoms with E-state index < -0.39 is 15.4 Å². The van der Waals surface area contributed by atoms with E-state index >= 15 is 0 Å². The number of carbonyl (C=O) groups is 1. The van der Waals surface area contributed by atoms with Crippen LogP contribution in [0.25, 0.3) is 0 Å². The predicted molar refractivity (Wildman–Crippen MR) is 95.2 cm³/mol. The average molecular weight is 370 g/mol. The molecule has 8 heteroatoms. The van der Waals surface area contributed by atoms with Crippen molar-refractivity contribution in [1.29, 1.82) is 0 Å². The summed E-state index contributed by atoms with van der Waals surface area (Å²) in [6, 6.07) is 7.48. The van der Waals surface area contributed by atoms with E-state index in [1.54, 1.807) is 12.0 Å². The first kappa shape index (κ1) is 19.7. The van der Waals surface area contributed by atoms with E-state index in [4.69, 9.17) is 4.74 Å². The second kappa shape index (κ2) is 8.16. The zero-order valence-electron chi connectivity index (χ0n) is 14.7. The maximum Gasteiger partial charge on any atom is 0.256 e. The van der Waals surface area contributed by atoms with Crippen LogP contribution in [0, 0.1) is 0 Å². The molecule has 2 rings (SSSR count). The molecule has 1 amide bonds. The third kappa shape index (κ3) is 5.69. The highest BCUT2D eigenvalue weighted by Crippen LogP contribution is 2.24. The van der Waals surface area contributed by atoms with Gasteiger partial charge in [-0.05, 0) is 30.5 Å². The summed E-state index contributed by atoms with van der Waals surface area (Å²) < 4.78 is 27.5. The molecule has 1 fully saturated rings. The van der Waals surface area contributed by atoms with Crippen LogP contribution in [0.4, 0.5) is 0 Å². The molecular weight excluding hydrogens is 344 g/mol. The lowest BCUT2D eigenvalue weighted by molar-refractivity contribution is -0.157. The minimum absolute atomic E-state index is 0.0230. The highest BCUT2D eigenvalue weighted by Gasteiger charge is 2.41. The predicted octanol–water partition coefficient (Wildman–Crippen LogP) is 0.183. The van der Waals surface area contributed by atoms with Gasteiger partial charge >= 0.3 is 0 Å². The van der Waals surface area contributed by atoms with Crippen LogP contribution in [0.1, 0.15) is 18.4 Å². The van der Waals surface area contributed by atoms with E-state index in [1.807, 2.05) is 24.3 Å². The standard InChI is InChI=1S/C17H26N2O5S/c1-24-15-6-3-5-14(11-15)12-19-9-4-7-17(21,16(19)20)13-18-8-10-25(2,22)23/h3,5-6,11,18,21H,4,7-10,12-13H2,1-2H3/t17-/m1/s1. The Balaban J connectivity index is 1.96. The van der Waals surface area contributed by atoms with Gasteiger partial charge in [0, 0.05) is 32.4 Å². The number of hydrogen-bond donors (Lipinski definition) is 2. The number of likely N-dealkylation sites (tertiary alicyclic amines) is 1. The fraction of sp³-hybridized carbons (Fsp3) is 0.588. The summed E-state index contributed by atoms with van der Waals surface area (Å²) in [4.78, 5) is 14.3. The van der Waals surface area contributed by atoms with Crippen molar-refractivity contribution in [3.05, 3.63) is 29.8 Å². The number of sulfone groups is 1. The Morgan fingerprint density at radius 2 is 2.16 bits per heavy atom. The molecule has 1 heterocycles. The summed E-state index contributed by atoms with van der Waals surface area (Å²) in [7, 11) is -1.48. The molecule has 0 unspecified atom stereocenters. The van der Waals surface area contributed by atoms with Gasteiger partial charge in [0.25, 0.3) is 5.91 Å². The maximum absolute atomic E-state index is 12.7. The van der Waals surface area contributed by atoms with Crippen LogP contribution in [0.3, 0.4) is 0 Å². The van der Waals surface area contributed by atoms with E-state index in [0.29, 0.717) is 25.9 Å². The molecule has 1 aromatic rings. The van der Waals surface area contributed by atoms with Gasteiger partial charge in [0.15, 0.2) is 5.60 Å². The minimum atomic E-state index is -3.07. The second-order valence-corrected chi connectivity index (χ2v) is 8.78. The largest absolute Gasteiger partial charge is 0.497 e. The van der Waals surface area contributed by atoms with E-state index in [-0.39, 0.29) is 24.7 Å². The Morgan fingerprint density at radius 1 is 1.40 bits per heavy atom. The summed E-state index contributed by atoms with van der Waals surface area (Å²) in [6.07, 6.45) is 2.22. The van der Waals surface area contributed by atoms with Crippen molar-refractivity contribution in [2.75, 3.05) is 38.8 Å². The summed E-state index contributed by atoms with van der Waals surface area (Å²) in [5, 5.41) is 13.6. The lowest BCUT2D eigenvalue weighted by Crippen LogP contribution is -2.58. The van der Waals surface area contributed by atoms with Gasteiger partial charge in [-0.15, -0.1) is 0 Å². The Kier molecular flexibility index (Phi) is 6.42. The van der Waals surface area contributed by atoms with Crippen molar-refractivity contribution in [1.82, 2.24) is 10.2 Å². The van der Waals surface area contributed by atoms with Crippen LogP contribution in [0.15, 0.2) is 24.3 Å². The van der Waals surface area contributed by atoms with Crippen LogP contribution in [-0.4, -0.2) is 68.7 Å². The molecule has 1 aliphatic heterocycles. The zero-order chi connectivity index (χ0) is 18.5. The van der Waals surface area contributed by atoms with E-state index in [0.717, 1.165) is 17.6 Å². The number of carbonyl (C=O) groups excluding carboxylic acids is 1. The first-order chi connectivity index (χ1) is 11.7. The zero-order valence-corrected chi connectivity index (χ0v) is 15.5. The summed E-state index contributed by atoms with van der Waals surface area (Å²) in [5.41, 5.74) is -0.559. The Labute approximate surface area is 148 Å². The molecule has 0 radical (unpaired) electrons. The normalized spacial score (nSPS) is 21.4. The molecule has 25 heavy (non-hydrogen) atoms. The van der Waals surface area contributed by atoms with Gasteiger partial charge < -0.3 is 20.1 Å². The van der Waals surface area contributed by atoms with Crippen molar-refractivity contribution < 1.29 is 23.1 Å². The van der Waals surface area contributed by atoms with Crippen molar-refractivity contribution in [2.24, 2.45) is 0 Å². The first-order valence-corrected chi connectivity index (χ1v) is 10.3. The molecular formula is C17H26N2O5S. The third-order valence-corrected chi connectivity index (χ3v) is 5.22. The molecule has 7 nitrogen and oxygen atoms in total. The molecule has 1 aromatic carbocycles. The highest BCUT2D eigenvalue weighted by atomic mass is 32.2. The van der Waals surface area contributed by atoms with Crippen LogP contribution < -0.4 is 10.1 Å². The molecule has 1 atom stereocenters. The van der Waals surface area contributed by atoms with E-state index in [1.165, 1.54) is 0 Å². The molecule has 0 aromatic heterocycles. The van der Waals surface area contributed by atoms with Crippen molar-refractivity contribution in [3.63, 3.8) is 0 Å². The average Bonchev–Trinajstić information content (AvgIpc) is 2.56. The number of methoxy groups -OCH3 is 1. The van der Waals surface area contributed by atoms with Crippen molar-refractivity contribution >= 4 is 15.7 Å². The maximum atomic E-state index is 12.7. The molecule has 0 bridgehead atoms. The Hall–Kier alpha value is -1.64. The number of amides is 1. The number of aliphatic hydroxyl groups is 1. The second-order valence-electron chi connectivity index (χ2n) is 6.52. The summed E-state index contributed by atoms with van der Waals surface area (Å²) >= 11 is 0. The molecule has 0 saturated carbocycles. The van der Waals surface area contributed by atoms with Crippen LogP contribution in [-0.2, 0) is 21.2 Å². The van der Waals surface area contributed by atoms with Gasteiger partial charge in [-0.3, -0.25) is 4.79 Å². The van der Waals surface area contributed by atoms with Gasteiger partial charge in [0.05, 0.1) is 12.9 Å². The number of nitrogens with zero attached hydrogens (tertiary/aromatic N) is 1. The SMILES string of the molecule is COc1cccc(CN2CCC[C@@](O)(CNCCS(C)(=O)=O)C2=O)c1. The van der Waals surface area contributed by atoms with E-state index in [2.05, 4.69) is 5.32 Å². The van der Waals surface area contributed by atoms with Crippen LogP contribution >= 0.6 is 0 Å². The molecule has 140 valence electrons. The monoisotopic (exact) mass is 370 g/mol. The quantitative estimate of drug-likeness (QED) is 0.634. The minimum Gasteiger partial charge on any atom is -0.497 e. The summed E-state index contributed by atoms with van der Waals surface area (Å²) in [6.45, 7) is 1.25. The van der Waals surface area contributed by atoms with Gasteiger partial charge in [-0.1, -0.05) is 12.1 Å². The van der Waals surface area contributed by atoms with Crippen LogP contribution in [0.2, 0.25) is 0 Å². The van der Waals surface area contributed by atoms with Crippen molar-refractivity contribution in [2.45, 2.75) is 25.0 Å². The number of benzene rings is 1. The number of hydrogen-bond acceptors (Lipinski definition) is 6. The van der Waals surface area contributed by atoms with Gasteiger partial charge in [0.1, 0.15) is 15.6 Å². The fourth-order valence-corrected chi connectivity index (χ4v) is 3.44. The topological polar surface area (TPSA) is 95.9 Å². The Morgan fingerprint density at radius 3 is 2.84 bits per heavy atom. The van der Waals surface area contributed by atoms with Crippen LogP contribution in [0.5, 0.6) is 5.75 Å². The molecule has 2 N–H and O–H groups in total. The molecule has 0 spiro atoms. The van der Waals surface area contributed by atoms with E-state index in [9.17, 15) is 18.3 Å². The van der Waals surface area contributed by atoms with Gasteiger partial charge in [-0.25, -0.2) is 8.42 Å². The third-order valence-electron chi connectivity index (χ3n) is 4.28. The lowest BCUT2D eigenvalue weighted by Gasteiger charge is -2.38. The molecule has 1 saturated heterocycles. The molecule has 0 aliphatic carbocycles. The smallest absolute Gasteiger partial charge is 0.256 e. The Bertz CT molecular complexity index is 707. The number of ether oxygens (including phenoxy) is 1. The van der Waals surface area contributed by atoms with Crippen molar-refractivity contribution in [3.8, 4) is 5.75 Å². The highest BCUT2D eigenvalue weighted by molar-refractivity contribution is 7.90.